The number of hydrogen-bond donors (Lipinski definition) is 0. The van der Waals surface area contributed by atoms with Gasteiger partial charge in [-0.25, -0.2) is 14.1 Å². The number of hydrogen-bond acceptors (Lipinski definition) is 9. The minimum absolute atomic E-state index is 0.0182. The van der Waals surface area contributed by atoms with Crippen molar-refractivity contribution in [1.29, 1.82) is 0 Å². The van der Waals surface area contributed by atoms with Crippen LogP contribution in [0.5, 0.6) is 5.75 Å². The Kier molecular flexibility index (Phi) is 6.32. The van der Waals surface area contributed by atoms with Crippen molar-refractivity contribution in [2.75, 3.05) is 24.6 Å². The first-order chi connectivity index (χ1) is 18.0. The third kappa shape index (κ3) is 4.79. The number of piperidine rings is 1. The number of carbonyl (C=O) groups is 2. The van der Waals surface area contributed by atoms with Crippen LogP contribution in [0.15, 0.2) is 36.5 Å². The molecule has 0 aromatic carbocycles. The fourth-order valence-electron chi connectivity index (χ4n) is 4.63. The smallest absolute Gasteiger partial charge is 0.459 e. The van der Waals surface area contributed by atoms with Gasteiger partial charge in [0.25, 0.3) is 0 Å². The van der Waals surface area contributed by atoms with Gasteiger partial charge in [0, 0.05) is 19.3 Å². The van der Waals surface area contributed by atoms with Crippen molar-refractivity contribution in [3.8, 4) is 17.1 Å². The number of fused-ring (bicyclic) bond motifs is 3. The zero-order valence-corrected chi connectivity index (χ0v) is 21.4. The van der Waals surface area contributed by atoms with E-state index in [0.717, 1.165) is 6.42 Å². The zero-order chi connectivity index (χ0) is 27.2. The van der Waals surface area contributed by atoms with Gasteiger partial charge in [-0.2, -0.15) is 13.8 Å². The number of ether oxygens (including phenoxy) is 3. The summed E-state index contributed by atoms with van der Waals surface area (Å²) < 4.78 is 45.1. The summed E-state index contributed by atoms with van der Waals surface area (Å²) in [5.41, 5.74) is 0.405. The molecule has 6 heterocycles. The van der Waals surface area contributed by atoms with E-state index in [2.05, 4.69) is 19.8 Å². The molecule has 2 atom stereocenters. The maximum atomic E-state index is 14.5. The van der Waals surface area contributed by atoms with E-state index in [1.54, 1.807) is 29.3 Å². The first-order valence-electron chi connectivity index (χ1n) is 12.3. The average molecular weight is 531 g/mol. The van der Waals surface area contributed by atoms with E-state index >= 15 is 0 Å². The Bertz CT molecular complexity index is 1350. The van der Waals surface area contributed by atoms with Crippen LogP contribution in [0.1, 0.15) is 34.1 Å². The summed E-state index contributed by atoms with van der Waals surface area (Å²) in [7, 11) is 0. The monoisotopic (exact) mass is 530 g/mol. The molecule has 38 heavy (non-hydrogen) atoms. The molecule has 3 saturated heterocycles. The predicted molar refractivity (Wildman–Crippen MR) is 131 cm³/mol. The van der Waals surface area contributed by atoms with Gasteiger partial charge in [0.1, 0.15) is 5.60 Å². The van der Waals surface area contributed by atoms with E-state index in [4.69, 9.17) is 9.47 Å². The fourth-order valence-corrected chi connectivity index (χ4v) is 4.63. The summed E-state index contributed by atoms with van der Waals surface area (Å²) in [6, 6.07) is 7.92. The minimum Gasteiger partial charge on any atom is -0.459 e. The van der Waals surface area contributed by atoms with Crippen molar-refractivity contribution in [3.63, 3.8) is 0 Å². The number of aromatic nitrogens is 4. The van der Waals surface area contributed by atoms with Crippen molar-refractivity contribution in [2.24, 2.45) is 0 Å². The number of esters is 1. The zero-order valence-electron chi connectivity index (χ0n) is 21.4. The van der Waals surface area contributed by atoms with Gasteiger partial charge in [-0.15, -0.1) is 5.10 Å². The normalized spacial score (nSPS) is 19.2. The highest BCUT2D eigenvalue weighted by Gasteiger charge is 2.50. The molecule has 0 saturated carbocycles. The second-order valence-electron chi connectivity index (χ2n) is 10.1. The van der Waals surface area contributed by atoms with Crippen LogP contribution >= 0.6 is 0 Å². The van der Waals surface area contributed by atoms with Gasteiger partial charge in [0.2, 0.25) is 11.6 Å². The summed E-state index contributed by atoms with van der Waals surface area (Å²) >= 11 is 0. The van der Waals surface area contributed by atoms with Crippen LogP contribution in [0.25, 0.3) is 17.0 Å². The van der Waals surface area contributed by atoms with E-state index < -0.39 is 17.7 Å². The van der Waals surface area contributed by atoms with E-state index in [1.165, 1.54) is 23.6 Å². The fraction of sp³-hybridized carbons (Fsp3) is 0.480. The maximum Gasteiger partial charge on any atom is 0.502 e. The van der Waals surface area contributed by atoms with Crippen LogP contribution in [0.3, 0.4) is 0 Å². The lowest BCUT2D eigenvalue weighted by atomic mass is 9.88. The van der Waals surface area contributed by atoms with E-state index in [-0.39, 0.29) is 42.1 Å². The Morgan fingerprint density at radius 3 is 2.47 bits per heavy atom. The van der Waals surface area contributed by atoms with Crippen molar-refractivity contribution in [1.82, 2.24) is 24.5 Å². The van der Waals surface area contributed by atoms with Crippen LogP contribution < -0.4 is 9.64 Å². The molecule has 2 bridgehead atoms. The number of amides is 1. The van der Waals surface area contributed by atoms with Gasteiger partial charge in [-0.1, -0.05) is 6.07 Å². The van der Waals surface area contributed by atoms with Crippen molar-refractivity contribution in [2.45, 2.75) is 57.9 Å². The summed E-state index contributed by atoms with van der Waals surface area (Å²) in [4.78, 5) is 36.8. The van der Waals surface area contributed by atoms with E-state index in [0.29, 0.717) is 24.5 Å². The molecule has 3 fully saturated rings. The van der Waals surface area contributed by atoms with Crippen LogP contribution in [0.4, 0.5) is 19.5 Å². The van der Waals surface area contributed by atoms with Crippen LogP contribution in [-0.4, -0.2) is 80.0 Å². The lowest BCUT2D eigenvalue weighted by molar-refractivity contribution is -0.216. The topological polar surface area (TPSA) is 111 Å². The third-order valence-electron chi connectivity index (χ3n) is 6.20. The van der Waals surface area contributed by atoms with Gasteiger partial charge in [0.15, 0.2) is 5.75 Å². The number of carbonyl (C=O) groups excluding carboxylic acids is 2. The molecule has 11 nitrogen and oxygen atoms in total. The second kappa shape index (κ2) is 9.37. The predicted octanol–water partition coefficient (Wildman–Crippen LogP) is 3.52. The first kappa shape index (κ1) is 25.6. The largest absolute Gasteiger partial charge is 0.502 e. The molecular weight excluding hydrogens is 502 g/mol. The molecule has 0 aliphatic carbocycles. The lowest BCUT2D eigenvalue weighted by Crippen LogP contribution is -2.70. The Hall–Kier alpha value is -4.03. The van der Waals surface area contributed by atoms with Crippen LogP contribution in [-0.2, 0) is 14.3 Å². The molecule has 13 heteroatoms. The van der Waals surface area contributed by atoms with Crippen molar-refractivity contribution >= 4 is 23.7 Å². The molecule has 1 amide bonds. The minimum atomic E-state index is -4.23. The Labute approximate surface area is 217 Å². The number of piperazine rings is 1. The number of rotatable bonds is 6. The Morgan fingerprint density at radius 1 is 1.11 bits per heavy atom. The van der Waals surface area contributed by atoms with Crippen LogP contribution in [0.2, 0.25) is 0 Å². The van der Waals surface area contributed by atoms with E-state index in [1.807, 2.05) is 25.7 Å². The molecule has 3 aromatic rings. The van der Waals surface area contributed by atoms with Crippen molar-refractivity contribution < 1.29 is 32.6 Å². The quantitative estimate of drug-likeness (QED) is 0.442. The van der Waals surface area contributed by atoms with Gasteiger partial charge in [-0.05, 0) is 58.4 Å². The highest BCUT2D eigenvalue weighted by molar-refractivity contribution is 5.77. The van der Waals surface area contributed by atoms with E-state index in [9.17, 15) is 18.4 Å². The summed E-state index contributed by atoms with van der Waals surface area (Å²) in [5, 5.41) is 4.58. The molecule has 3 aliphatic heterocycles. The summed E-state index contributed by atoms with van der Waals surface area (Å²) in [6.45, 7) is 7.54. The third-order valence-corrected chi connectivity index (χ3v) is 6.20. The highest BCUT2D eigenvalue weighted by atomic mass is 19.3. The average Bonchev–Trinajstić information content (AvgIpc) is 3.30. The number of nitrogens with zero attached hydrogens (tertiary/aromatic N) is 6. The van der Waals surface area contributed by atoms with Crippen LogP contribution in [0, 0.1) is 0 Å². The molecular formula is C25H28F2N6O5. The molecule has 0 spiro atoms. The molecule has 202 valence electrons. The SMILES string of the molecule is CCOC(=O)C(F)(F)Oc1ccc(-c2ccccn2)n2nc(N3CC4CC(C3)N4C(=O)OC(C)(C)C)nc12. The lowest BCUT2D eigenvalue weighted by Gasteiger charge is -2.55. The maximum absolute atomic E-state index is 14.5. The van der Waals surface area contributed by atoms with Crippen molar-refractivity contribution in [3.05, 3.63) is 36.5 Å². The summed E-state index contributed by atoms with van der Waals surface area (Å²) in [6.07, 6.45) is -2.17. The summed E-state index contributed by atoms with van der Waals surface area (Å²) in [5.74, 6) is -1.87. The number of alkyl halides is 2. The molecule has 0 radical (unpaired) electrons. The molecule has 6 rings (SSSR count). The number of pyridine rings is 2. The molecule has 0 N–H and O–H groups in total. The number of anilines is 1. The van der Waals surface area contributed by atoms with Gasteiger partial charge in [-0.3, -0.25) is 9.88 Å². The van der Waals surface area contributed by atoms with Gasteiger partial charge in [0.05, 0.1) is 30.1 Å². The van der Waals surface area contributed by atoms with Gasteiger partial charge < -0.3 is 19.1 Å². The Morgan fingerprint density at radius 2 is 1.84 bits per heavy atom. The Balaban J connectivity index is 1.46. The van der Waals surface area contributed by atoms with Gasteiger partial charge >= 0.3 is 18.2 Å². The number of halogens is 2. The molecule has 3 aromatic heterocycles. The first-order valence-corrected chi connectivity index (χ1v) is 12.3. The molecule has 3 aliphatic rings. The second-order valence-corrected chi connectivity index (χ2v) is 10.1. The molecule has 2 unspecified atom stereocenters. The highest BCUT2D eigenvalue weighted by Crippen LogP contribution is 2.36. The standard InChI is InChI=1S/C25H28F2N6O5/c1-5-36-21(34)25(26,27)37-19-10-9-18(17-8-6-7-11-28-17)33-20(19)29-22(30-33)31-13-15-12-16(14-31)32(15)23(35)38-24(2,3)4/h6-11,15-16H,5,12-14H2,1-4H3.